The van der Waals surface area contributed by atoms with Crippen LogP contribution in [-0.4, -0.2) is 27.8 Å². The Morgan fingerprint density at radius 3 is 2.36 bits per heavy atom. The molecule has 36 heavy (non-hydrogen) atoms. The molecule has 0 spiro atoms. The number of nitrogens with zero attached hydrogens (tertiary/aromatic N) is 1. The summed E-state index contributed by atoms with van der Waals surface area (Å²) in [5.74, 6) is 3.18. The molecule has 6 heteroatoms. The van der Waals surface area contributed by atoms with Crippen molar-refractivity contribution in [1.29, 1.82) is 0 Å². The topological polar surface area (TPSA) is 86.9 Å². The van der Waals surface area contributed by atoms with Crippen LogP contribution in [-0.2, 0) is 4.79 Å². The molecule has 3 N–H and O–H groups in total. The van der Waals surface area contributed by atoms with Gasteiger partial charge in [0, 0.05) is 28.8 Å². The number of hydrogen-bond donors (Lipinski definition) is 3. The molecule has 1 unspecified atom stereocenters. The van der Waals surface area contributed by atoms with Gasteiger partial charge < -0.3 is 15.6 Å². The van der Waals surface area contributed by atoms with E-state index in [2.05, 4.69) is 22.5 Å². The van der Waals surface area contributed by atoms with Crippen molar-refractivity contribution in [2.75, 3.05) is 5.32 Å². The highest BCUT2D eigenvalue weighted by molar-refractivity contribution is 5.96. The number of rotatable bonds is 5. The maximum atomic E-state index is 12.9. The molecule has 4 fully saturated rings. The number of hydrogen-bond acceptors (Lipinski definition) is 3. The van der Waals surface area contributed by atoms with Crippen LogP contribution in [0.2, 0.25) is 0 Å². The van der Waals surface area contributed by atoms with Gasteiger partial charge in [-0.1, -0.05) is 31.9 Å². The summed E-state index contributed by atoms with van der Waals surface area (Å²) in [4.78, 5) is 33.7. The average molecular weight is 485 g/mol. The smallest absolute Gasteiger partial charge is 0.251 e. The zero-order valence-electron chi connectivity index (χ0n) is 21.1. The molecule has 6 nitrogen and oxygen atoms in total. The number of carbonyl (C=O) groups is 2. The second kappa shape index (κ2) is 9.72. The van der Waals surface area contributed by atoms with Crippen molar-refractivity contribution in [3.8, 4) is 11.4 Å². The Kier molecular flexibility index (Phi) is 6.28. The number of aromatic amines is 1. The van der Waals surface area contributed by atoms with Gasteiger partial charge in [0.25, 0.3) is 5.91 Å². The van der Waals surface area contributed by atoms with Crippen molar-refractivity contribution in [3.63, 3.8) is 0 Å². The van der Waals surface area contributed by atoms with Crippen LogP contribution in [0.5, 0.6) is 0 Å². The molecular weight excluding hydrogens is 448 g/mol. The minimum absolute atomic E-state index is 0.0245. The molecular formula is C30H36N4O2. The van der Waals surface area contributed by atoms with E-state index in [0.29, 0.717) is 17.5 Å². The minimum Gasteiger partial charge on any atom is -0.349 e. The van der Waals surface area contributed by atoms with Crippen molar-refractivity contribution >= 4 is 28.5 Å². The molecule has 2 aromatic carbocycles. The van der Waals surface area contributed by atoms with E-state index in [-0.39, 0.29) is 17.7 Å². The summed E-state index contributed by atoms with van der Waals surface area (Å²) in [6.07, 6.45) is 10.5. The second-order valence-corrected chi connectivity index (χ2v) is 11.4. The molecule has 4 saturated carbocycles. The Balaban J connectivity index is 1.11. The van der Waals surface area contributed by atoms with E-state index in [1.165, 1.54) is 25.7 Å². The van der Waals surface area contributed by atoms with Gasteiger partial charge in [0.1, 0.15) is 5.82 Å². The number of carbonyl (C=O) groups excluding carboxylic acids is 2. The first-order valence-electron chi connectivity index (χ1n) is 13.7. The van der Waals surface area contributed by atoms with Crippen LogP contribution in [0.1, 0.15) is 75.1 Å². The number of fused-ring (bicyclic) bond motifs is 4. The lowest BCUT2D eigenvalue weighted by molar-refractivity contribution is -0.121. The SMILES string of the molecule is CC1CCC(C(=O)Nc2ccc3nc(-c4ccc(C(=O)NC5CC6CCC5CC6)cc4)[nH]c3c2)CC1. The molecule has 1 heterocycles. The third-order valence-electron chi connectivity index (χ3n) is 8.92. The first-order valence-corrected chi connectivity index (χ1v) is 13.7. The molecule has 7 rings (SSSR count). The fourth-order valence-corrected chi connectivity index (χ4v) is 6.58. The van der Waals surface area contributed by atoms with E-state index >= 15 is 0 Å². The number of imidazole rings is 1. The van der Waals surface area contributed by atoms with E-state index in [4.69, 9.17) is 4.98 Å². The van der Waals surface area contributed by atoms with Crippen molar-refractivity contribution in [1.82, 2.24) is 15.3 Å². The zero-order chi connectivity index (χ0) is 24.6. The van der Waals surface area contributed by atoms with Crippen LogP contribution in [0.4, 0.5) is 5.69 Å². The van der Waals surface area contributed by atoms with E-state index in [0.717, 1.165) is 72.0 Å². The van der Waals surface area contributed by atoms with Gasteiger partial charge in [-0.2, -0.15) is 0 Å². The summed E-state index contributed by atoms with van der Waals surface area (Å²) in [5, 5.41) is 6.40. The molecule has 4 aliphatic rings. The minimum atomic E-state index is 0.0245. The quantitative estimate of drug-likeness (QED) is 0.397. The normalized spacial score (nSPS) is 27.6. The number of anilines is 1. The first kappa shape index (κ1) is 23.3. The highest BCUT2D eigenvalue weighted by atomic mass is 16.2. The lowest BCUT2D eigenvalue weighted by atomic mass is 9.68. The summed E-state index contributed by atoms with van der Waals surface area (Å²) in [6, 6.07) is 13.8. The molecule has 2 amide bonds. The molecule has 188 valence electrons. The third-order valence-corrected chi connectivity index (χ3v) is 8.92. The monoisotopic (exact) mass is 484 g/mol. The van der Waals surface area contributed by atoms with E-state index in [1.54, 1.807) is 0 Å². The summed E-state index contributed by atoms with van der Waals surface area (Å²) < 4.78 is 0. The van der Waals surface area contributed by atoms with Crippen LogP contribution in [0, 0.1) is 23.7 Å². The van der Waals surface area contributed by atoms with E-state index < -0.39 is 0 Å². The summed E-state index contributed by atoms with van der Waals surface area (Å²) in [6.45, 7) is 2.26. The number of benzene rings is 2. The van der Waals surface area contributed by atoms with Crippen molar-refractivity contribution in [2.45, 2.75) is 70.8 Å². The zero-order valence-corrected chi connectivity index (χ0v) is 21.1. The summed E-state index contributed by atoms with van der Waals surface area (Å²) in [5.41, 5.74) is 4.16. The Morgan fingerprint density at radius 1 is 0.917 bits per heavy atom. The van der Waals surface area contributed by atoms with Crippen molar-refractivity contribution < 1.29 is 9.59 Å². The fraction of sp³-hybridized carbons (Fsp3) is 0.500. The highest BCUT2D eigenvalue weighted by Gasteiger charge is 2.36. The van der Waals surface area contributed by atoms with E-state index in [1.807, 2.05) is 42.5 Å². The fourth-order valence-electron chi connectivity index (χ4n) is 6.58. The second-order valence-electron chi connectivity index (χ2n) is 11.4. The first-order chi connectivity index (χ1) is 17.5. The summed E-state index contributed by atoms with van der Waals surface area (Å²) >= 11 is 0. The molecule has 2 bridgehead atoms. The molecule has 0 radical (unpaired) electrons. The van der Waals surface area contributed by atoms with Crippen LogP contribution < -0.4 is 10.6 Å². The maximum Gasteiger partial charge on any atom is 0.251 e. The van der Waals surface area contributed by atoms with Crippen molar-refractivity contribution in [3.05, 3.63) is 48.0 Å². The van der Waals surface area contributed by atoms with Crippen LogP contribution in [0.3, 0.4) is 0 Å². The van der Waals surface area contributed by atoms with Gasteiger partial charge in [-0.05, 0) is 93.0 Å². The molecule has 0 aliphatic heterocycles. The van der Waals surface area contributed by atoms with Crippen LogP contribution in [0.15, 0.2) is 42.5 Å². The van der Waals surface area contributed by atoms with Gasteiger partial charge in [0.05, 0.1) is 11.0 Å². The number of nitrogens with one attached hydrogen (secondary N) is 3. The van der Waals surface area contributed by atoms with Gasteiger partial charge in [-0.15, -0.1) is 0 Å². The molecule has 4 aliphatic carbocycles. The Bertz CT molecular complexity index is 1250. The lowest BCUT2D eigenvalue weighted by Gasteiger charge is -2.42. The van der Waals surface area contributed by atoms with E-state index in [9.17, 15) is 9.59 Å². The highest BCUT2D eigenvalue weighted by Crippen LogP contribution is 2.41. The van der Waals surface area contributed by atoms with Crippen LogP contribution in [0.25, 0.3) is 22.4 Å². The molecule has 1 atom stereocenters. The largest absolute Gasteiger partial charge is 0.349 e. The number of H-pyrrole nitrogens is 1. The van der Waals surface area contributed by atoms with Crippen LogP contribution >= 0.6 is 0 Å². The van der Waals surface area contributed by atoms with Crippen molar-refractivity contribution in [2.24, 2.45) is 23.7 Å². The standard InChI is InChI=1S/C30H36N4O2/c1-18-2-6-22(7-3-18)29(35)31-24-14-15-25-27(17-24)33-28(32-25)21-10-12-23(13-11-21)30(36)34-26-16-19-4-8-20(26)9-5-19/h10-15,17-20,22,26H,2-9,16H2,1H3,(H,31,35)(H,32,33)(H,34,36). The lowest BCUT2D eigenvalue weighted by Crippen LogP contribution is -2.47. The van der Waals surface area contributed by atoms with Gasteiger partial charge in [-0.25, -0.2) is 4.98 Å². The molecule has 0 saturated heterocycles. The van der Waals surface area contributed by atoms with Gasteiger partial charge in [0.2, 0.25) is 5.91 Å². The Hall–Kier alpha value is -3.15. The van der Waals surface area contributed by atoms with Gasteiger partial charge in [0.15, 0.2) is 0 Å². The Morgan fingerprint density at radius 2 is 1.67 bits per heavy atom. The Labute approximate surface area is 212 Å². The molecule has 3 aromatic rings. The molecule has 1 aromatic heterocycles. The predicted molar refractivity (Wildman–Crippen MR) is 143 cm³/mol. The number of aromatic nitrogens is 2. The predicted octanol–water partition coefficient (Wildman–Crippen LogP) is 6.30. The summed E-state index contributed by atoms with van der Waals surface area (Å²) in [7, 11) is 0. The maximum absolute atomic E-state index is 12.9. The van der Waals surface area contributed by atoms with Gasteiger partial charge in [-0.3, -0.25) is 9.59 Å². The average Bonchev–Trinajstić information content (AvgIpc) is 3.33. The third kappa shape index (κ3) is 4.78. The van der Waals surface area contributed by atoms with Gasteiger partial charge >= 0.3 is 0 Å². The number of amides is 2.